The van der Waals surface area contributed by atoms with Crippen molar-refractivity contribution in [2.24, 2.45) is 5.92 Å². The van der Waals surface area contributed by atoms with Crippen LogP contribution in [0.3, 0.4) is 0 Å². The van der Waals surface area contributed by atoms with E-state index in [0.29, 0.717) is 38.3 Å². The fraction of sp³-hybridized carbons (Fsp3) is 0.385. The monoisotopic (exact) mass is 434 g/mol. The Morgan fingerprint density at radius 2 is 1.91 bits per heavy atom. The highest BCUT2D eigenvalue weighted by atomic mass is 16.4. The number of carbonyl (C=O) groups is 2. The summed E-state index contributed by atoms with van der Waals surface area (Å²) in [6.07, 6.45) is 3.53. The molecule has 0 aromatic heterocycles. The van der Waals surface area contributed by atoms with E-state index in [1.165, 1.54) is 24.8 Å². The van der Waals surface area contributed by atoms with Gasteiger partial charge in [0.2, 0.25) is 5.91 Å². The molecule has 6 heteroatoms. The lowest BCUT2D eigenvalue weighted by Gasteiger charge is -2.23. The average Bonchev–Trinajstić information content (AvgIpc) is 3.59. The SMILES string of the molecule is CC(=O)N(CCc1ccc(C(=O)O)cc1)NCCC(O)Cc1cccc(C#CC2CC2)c1. The smallest absolute Gasteiger partial charge is 0.335 e. The zero-order chi connectivity index (χ0) is 22.9. The molecule has 0 bridgehead atoms. The summed E-state index contributed by atoms with van der Waals surface area (Å²) in [6.45, 7) is 2.42. The Balaban J connectivity index is 1.42. The van der Waals surface area contributed by atoms with E-state index in [0.717, 1.165) is 16.7 Å². The van der Waals surface area contributed by atoms with Gasteiger partial charge in [-0.1, -0.05) is 36.1 Å². The van der Waals surface area contributed by atoms with Crippen LogP contribution in [0.15, 0.2) is 48.5 Å². The maximum atomic E-state index is 11.9. The van der Waals surface area contributed by atoms with Crippen molar-refractivity contribution in [1.29, 1.82) is 0 Å². The van der Waals surface area contributed by atoms with Gasteiger partial charge in [-0.05, 0) is 67.5 Å². The third kappa shape index (κ3) is 7.84. The Kier molecular flexibility index (Phi) is 8.43. The molecule has 6 nitrogen and oxygen atoms in total. The number of nitrogens with zero attached hydrogens (tertiary/aromatic N) is 1. The van der Waals surface area contributed by atoms with Gasteiger partial charge in [-0.15, -0.1) is 0 Å². The molecule has 2 aromatic carbocycles. The lowest BCUT2D eigenvalue weighted by molar-refractivity contribution is -0.132. The molecule has 0 saturated heterocycles. The molecular formula is C26H30N2O4. The van der Waals surface area contributed by atoms with Crippen LogP contribution < -0.4 is 5.43 Å². The van der Waals surface area contributed by atoms with Gasteiger partial charge >= 0.3 is 5.97 Å². The van der Waals surface area contributed by atoms with Crippen molar-refractivity contribution in [1.82, 2.24) is 10.4 Å². The molecule has 1 aliphatic rings. The highest BCUT2D eigenvalue weighted by Crippen LogP contribution is 2.27. The Bertz CT molecular complexity index is 987. The zero-order valence-corrected chi connectivity index (χ0v) is 18.4. The molecule has 1 amide bonds. The van der Waals surface area contributed by atoms with E-state index < -0.39 is 12.1 Å². The largest absolute Gasteiger partial charge is 0.478 e. The van der Waals surface area contributed by atoms with Crippen LogP contribution in [0.25, 0.3) is 0 Å². The van der Waals surface area contributed by atoms with Crippen LogP contribution in [-0.4, -0.2) is 46.3 Å². The van der Waals surface area contributed by atoms with E-state index in [1.54, 1.807) is 24.3 Å². The molecule has 1 fully saturated rings. The van der Waals surface area contributed by atoms with Crippen LogP contribution in [-0.2, 0) is 17.6 Å². The summed E-state index contributed by atoms with van der Waals surface area (Å²) in [4.78, 5) is 22.9. The van der Waals surface area contributed by atoms with Gasteiger partial charge < -0.3 is 10.2 Å². The molecule has 0 heterocycles. The Hall–Kier alpha value is -3.14. The van der Waals surface area contributed by atoms with Crippen molar-refractivity contribution in [2.75, 3.05) is 13.1 Å². The normalized spacial score (nSPS) is 13.7. The van der Waals surface area contributed by atoms with Crippen molar-refractivity contribution in [2.45, 2.75) is 45.1 Å². The van der Waals surface area contributed by atoms with Gasteiger partial charge in [0, 0.05) is 31.5 Å². The summed E-state index contributed by atoms with van der Waals surface area (Å²) in [5, 5.41) is 20.9. The molecular weight excluding hydrogens is 404 g/mol. The summed E-state index contributed by atoms with van der Waals surface area (Å²) < 4.78 is 0. The Morgan fingerprint density at radius 1 is 1.16 bits per heavy atom. The van der Waals surface area contributed by atoms with Crippen LogP contribution in [0.4, 0.5) is 0 Å². The van der Waals surface area contributed by atoms with Gasteiger partial charge in [-0.3, -0.25) is 9.80 Å². The Labute approximate surface area is 189 Å². The number of carboxylic acids is 1. The maximum Gasteiger partial charge on any atom is 0.335 e. The summed E-state index contributed by atoms with van der Waals surface area (Å²) in [5.74, 6) is 5.96. The molecule has 168 valence electrons. The predicted octanol–water partition coefficient (Wildman–Crippen LogP) is 3.04. The van der Waals surface area contributed by atoms with E-state index in [9.17, 15) is 14.7 Å². The minimum atomic E-state index is -0.958. The highest BCUT2D eigenvalue weighted by molar-refractivity contribution is 5.87. The second-order valence-corrected chi connectivity index (χ2v) is 8.22. The summed E-state index contributed by atoms with van der Waals surface area (Å²) >= 11 is 0. The molecule has 1 aliphatic carbocycles. The molecule has 0 spiro atoms. The first-order valence-corrected chi connectivity index (χ1v) is 11.0. The minimum Gasteiger partial charge on any atom is -0.478 e. The highest BCUT2D eigenvalue weighted by Gasteiger charge is 2.17. The third-order valence-corrected chi connectivity index (χ3v) is 5.38. The summed E-state index contributed by atoms with van der Waals surface area (Å²) in [7, 11) is 0. The van der Waals surface area contributed by atoms with Gasteiger partial charge in [-0.25, -0.2) is 10.2 Å². The second-order valence-electron chi connectivity index (χ2n) is 8.22. The van der Waals surface area contributed by atoms with Crippen LogP contribution in [0.1, 0.15) is 53.2 Å². The van der Waals surface area contributed by atoms with Crippen LogP contribution in [0, 0.1) is 17.8 Å². The van der Waals surface area contributed by atoms with Gasteiger partial charge in [0.25, 0.3) is 0 Å². The number of hydrazine groups is 1. The first-order valence-electron chi connectivity index (χ1n) is 11.0. The molecule has 1 unspecified atom stereocenters. The lowest BCUT2D eigenvalue weighted by atomic mass is 10.0. The number of rotatable bonds is 10. The first-order chi connectivity index (χ1) is 15.4. The second kappa shape index (κ2) is 11.5. The standard InChI is InChI=1S/C26H30N2O4/c1-19(29)28(16-14-21-9-11-24(12-10-21)26(31)32)27-15-13-25(30)18-23-4-2-3-22(17-23)8-7-20-5-6-20/h2-4,9-12,17,20,25,27,30H,5-6,13-16,18H2,1H3,(H,31,32). The molecule has 0 radical (unpaired) electrons. The number of carbonyl (C=O) groups excluding carboxylic acids is 1. The van der Waals surface area contributed by atoms with Crippen molar-refractivity contribution in [3.63, 3.8) is 0 Å². The maximum absolute atomic E-state index is 11.9. The fourth-order valence-corrected chi connectivity index (χ4v) is 3.33. The summed E-state index contributed by atoms with van der Waals surface area (Å²) in [6, 6.07) is 14.6. The number of amides is 1. The molecule has 32 heavy (non-hydrogen) atoms. The quantitative estimate of drug-likeness (QED) is 0.395. The summed E-state index contributed by atoms with van der Waals surface area (Å²) in [5.41, 5.74) is 6.32. The number of benzene rings is 2. The number of aliphatic hydroxyl groups is 1. The first kappa shape index (κ1) is 23.5. The number of nitrogens with one attached hydrogen (secondary N) is 1. The van der Waals surface area contributed by atoms with E-state index in [1.807, 2.05) is 24.3 Å². The van der Waals surface area contributed by atoms with Crippen LogP contribution in [0.5, 0.6) is 0 Å². The van der Waals surface area contributed by atoms with Crippen molar-refractivity contribution in [3.05, 3.63) is 70.8 Å². The van der Waals surface area contributed by atoms with Crippen LogP contribution >= 0.6 is 0 Å². The van der Waals surface area contributed by atoms with Crippen LogP contribution in [0.2, 0.25) is 0 Å². The minimum absolute atomic E-state index is 0.108. The molecule has 1 atom stereocenters. The number of carboxylic acid groups (broad SMARTS) is 1. The predicted molar refractivity (Wildman–Crippen MR) is 123 cm³/mol. The number of hydrogen-bond acceptors (Lipinski definition) is 4. The number of aromatic carboxylic acids is 1. The van der Waals surface area contributed by atoms with Gasteiger partial charge in [0.15, 0.2) is 0 Å². The van der Waals surface area contributed by atoms with E-state index in [4.69, 9.17) is 5.11 Å². The van der Waals surface area contributed by atoms with Gasteiger partial charge in [0.05, 0.1) is 11.7 Å². The topological polar surface area (TPSA) is 89.9 Å². The zero-order valence-electron chi connectivity index (χ0n) is 18.4. The molecule has 2 aromatic rings. The number of hydrogen-bond donors (Lipinski definition) is 3. The van der Waals surface area contributed by atoms with Crippen molar-refractivity contribution >= 4 is 11.9 Å². The van der Waals surface area contributed by atoms with Crippen molar-refractivity contribution < 1.29 is 19.8 Å². The molecule has 3 N–H and O–H groups in total. The van der Waals surface area contributed by atoms with E-state index in [2.05, 4.69) is 17.3 Å². The van der Waals surface area contributed by atoms with Gasteiger partial charge in [0.1, 0.15) is 0 Å². The lowest BCUT2D eigenvalue weighted by Crippen LogP contribution is -2.44. The van der Waals surface area contributed by atoms with E-state index in [-0.39, 0.29) is 11.5 Å². The molecule has 3 rings (SSSR count). The number of aliphatic hydroxyl groups excluding tert-OH is 1. The molecule has 1 saturated carbocycles. The molecule has 0 aliphatic heterocycles. The third-order valence-electron chi connectivity index (χ3n) is 5.38. The van der Waals surface area contributed by atoms with Gasteiger partial charge in [-0.2, -0.15) is 0 Å². The Morgan fingerprint density at radius 3 is 2.56 bits per heavy atom. The van der Waals surface area contributed by atoms with Crippen molar-refractivity contribution in [3.8, 4) is 11.8 Å². The average molecular weight is 435 g/mol. The fourth-order valence-electron chi connectivity index (χ4n) is 3.33. The van der Waals surface area contributed by atoms with E-state index >= 15 is 0 Å².